The topological polar surface area (TPSA) is 95.6 Å². The van der Waals surface area contributed by atoms with Gasteiger partial charge in [0, 0.05) is 12.7 Å². The summed E-state index contributed by atoms with van der Waals surface area (Å²) < 4.78 is 9.43. The minimum atomic E-state index is 0.263. The molecule has 3 heterocycles. The number of pyridine rings is 1. The van der Waals surface area contributed by atoms with E-state index in [9.17, 15) is 0 Å². The smallest absolute Gasteiger partial charge is 0.305 e. The highest BCUT2D eigenvalue weighted by atomic mass is 16.5. The number of ether oxygens (including phenoxy) is 1. The van der Waals surface area contributed by atoms with Crippen molar-refractivity contribution in [2.75, 3.05) is 5.32 Å². The number of nitrogens with zero attached hydrogens (tertiary/aromatic N) is 7. The second-order valence-electron chi connectivity index (χ2n) is 7.50. The Morgan fingerprint density at radius 3 is 2.83 bits per heavy atom. The van der Waals surface area contributed by atoms with E-state index in [1.54, 1.807) is 16.3 Å². The SMILES string of the molecule is C=C(CC1CC1)Nc1cccc(COc2nc3ccccc3n2-c2nnnn2C)n1. The molecule has 30 heavy (non-hydrogen) atoms. The number of anilines is 1. The first-order valence-electron chi connectivity index (χ1n) is 9.91. The standard InChI is InChI=1S/C21H22N8O/c1-14(12-15-10-11-15)22-19-9-5-6-16(23-19)13-30-21-24-17-7-3-4-8-18(17)29(21)20-25-26-27-28(20)2/h3-9,15H,1,10-13H2,2H3,(H,22,23). The van der Waals surface area contributed by atoms with Gasteiger partial charge in [0.05, 0.1) is 16.7 Å². The zero-order chi connectivity index (χ0) is 20.5. The van der Waals surface area contributed by atoms with Crippen LogP contribution in [0, 0.1) is 5.92 Å². The van der Waals surface area contributed by atoms with Gasteiger partial charge in [-0.2, -0.15) is 4.98 Å². The van der Waals surface area contributed by atoms with Gasteiger partial charge in [0.1, 0.15) is 12.4 Å². The summed E-state index contributed by atoms with van der Waals surface area (Å²) in [4.78, 5) is 9.25. The molecular weight excluding hydrogens is 380 g/mol. The molecule has 4 aromatic rings. The van der Waals surface area contributed by atoms with Gasteiger partial charge in [-0.15, -0.1) is 0 Å². The van der Waals surface area contributed by atoms with E-state index >= 15 is 0 Å². The van der Waals surface area contributed by atoms with Gasteiger partial charge in [-0.05, 0) is 59.9 Å². The number of aryl methyl sites for hydroxylation is 1. The van der Waals surface area contributed by atoms with Crippen molar-refractivity contribution in [3.8, 4) is 12.0 Å². The van der Waals surface area contributed by atoms with E-state index in [2.05, 4.69) is 37.4 Å². The normalized spacial score (nSPS) is 13.5. The molecule has 1 aromatic carbocycles. The molecule has 0 saturated heterocycles. The molecule has 0 unspecified atom stereocenters. The van der Waals surface area contributed by atoms with Crippen LogP contribution in [0.25, 0.3) is 17.0 Å². The molecule has 1 fully saturated rings. The van der Waals surface area contributed by atoms with Gasteiger partial charge in [-0.3, -0.25) is 0 Å². The molecule has 5 rings (SSSR count). The highest BCUT2D eigenvalue weighted by Crippen LogP contribution is 2.34. The van der Waals surface area contributed by atoms with Crippen LogP contribution in [0.5, 0.6) is 6.01 Å². The number of rotatable bonds is 8. The Labute approximate surface area is 173 Å². The minimum Gasteiger partial charge on any atom is -0.458 e. The fourth-order valence-corrected chi connectivity index (χ4v) is 3.38. The molecule has 1 aliphatic carbocycles. The highest BCUT2D eigenvalue weighted by molar-refractivity contribution is 5.78. The van der Waals surface area contributed by atoms with Gasteiger partial charge in [0.2, 0.25) is 0 Å². The van der Waals surface area contributed by atoms with Crippen molar-refractivity contribution in [2.45, 2.75) is 25.9 Å². The van der Waals surface area contributed by atoms with E-state index in [0.717, 1.165) is 40.6 Å². The number of imidazole rings is 1. The minimum absolute atomic E-state index is 0.263. The highest BCUT2D eigenvalue weighted by Gasteiger charge is 2.22. The molecular formula is C21H22N8O. The number of aromatic nitrogens is 7. The van der Waals surface area contributed by atoms with Crippen molar-refractivity contribution in [1.82, 2.24) is 34.7 Å². The lowest BCUT2D eigenvalue weighted by atomic mass is 10.2. The van der Waals surface area contributed by atoms with Gasteiger partial charge in [-0.1, -0.05) is 29.9 Å². The number of hydrogen-bond donors (Lipinski definition) is 1. The van der Waals surface area contributed by atoms with Crippen LogP contribution in [-0.4, -0.2) is 34.7 Å². The molecule has 1 N–H and O–H groups in total. The molecule has 0 atom stereocenters. The summed E-state index contributed by atoms with van der Waals surface area (Å²) in [5, 5.41) is 15.1. The first-order chi connectivity index (χ1) is 14.7. The summed E-state index contributed by atoms with van der Waals surface area (Å²) in [6.45, 7) is 4.37. The average molecular weight is 402 g/mol. The van der Waals surface area contributed by atoms with Crippen molar-refractivity contribution >= 4 is 16.9 Å². The molecule has 9 heteroatoms. The number of allylic oxidation sites excluding steroid dienone is 1. The van der Waals surface area contributed by atoms with Crippen molar-refractivity contribution in [1.29, 1.82) is 0 Å². The fraction of sp³-hybridized carbons (Fsp3) is 0.286. The Kier molecular flexibility index (Phi) is 4.62. The lowest BCUT2D eigenvalue weighted by Gasteiger charge is -2.11. The monoisotopic (exact) mass is 402 g/mol. The van der Waals surface area contributed by atoms with E-state index in [1.807, 2.05) is 42.5 Å². The zero-order valence-electron chi connectivity index (χ0n) is 16.7. The Hall–Kier alpha value is -3.75. The zero-order valence-corrected chi connectivity index (χ0v) is 16.7. The van der Waals surface area contributed by atoms with E-state index in [0.29, 0.717) is 12.0 Å². The van der Waals surface area contributed by atoms with E-state index in [1.165, 1.54) is 12.8 Å². The lowest BCUT2D eigenvalue weighted by molar-refractivity contribution is 0.272. The van der Waals surface area contributed by atoms with Crippen molar-refractivity contribution in [3.63, 3.8) is 0 Å². The number of fused-ring (bicyclic) bond motifs is 1. The van der Waals surface area contributed by atoms with E-state index in [4.69, 9.17) is 4.74 Å². The van der Waals surface area contributed by atoms with Crippen LogP contribution < -0.4 is 10.1 Å². The van der Waals surface area contributed by atoms with Crippen molar-refractivity contribution in [2.24, 2.45) is 13.0 Å². The number of nitrogens with one attached hydrogen (secondary N) is 1. The first-order valence-corrected chi connectivity index (χ1v) is 9.91. The van der Waals surface area contributed by atoms with Gasteiger partial charge < -0.3 is 10.1 Å². The third-order valence-electron chi connectivity index (χ3n) is 5.02. The fourth-order valence-electron chi connectivity index (χ4n) is 3.38. The third-order valence-corrected chi connectivity index (χ3v) is 5.02. The van der Waals surface area contributed by atoms with Crippen LogP contribution in [0.2, 0.25) is 0 Å². The molecule has 1 aliphatic rings. The summed E-state index contributed by atoms with van der Waals surface area (Å²) in [5.74, 6) is 2.07. The van der Waals surface area contributed by atoms with Gasteiger partial charge in [0.15, 0.2) is 0 Å². The molecule has 0 aliphatic heterocycles. The number of benzene rings is 1. The maximum atomic E-state index is 6.05. The van der Waals surface area contributed by atoms with Crippen LogP contribution in [-0.2, 0) is 13.7 Å². The molecule has 0 bridgehead atoms. The van der Waals surface area contributed by atoms with Crippen molar-refractivity contribution in [3.05, 3.63) is 60.4 Å². The lowest BCUT2D eigenvalue weighted by Crippen LogP contribution is -2.09. The summed E-state index contributed by atoms with van der Waals surface area (Å²) in [7, 11) is 1.78. The summed E-state index contributed by atoms with van der Waals surface area (Å²) in [5.41, 5.74) is 3.45. The predicted molar refractivity (Wildman–Crippen MR) is 112 cm³/mol. The van der Waals surface area contributed by atoms with Gasteiger partial charge in [0.25, 0.3) is 5.95 Å². The van der Waals surface area contributed by atoms with Crippen LogP contribution in [0.4, 0.5) is 5.82 Å². The molecule has 0 radical (unpaired) electrons. The maximum Gasteiger partial charge on any atom is 0.305 e. The van der Waals surface area contributed by atoms with E-state index in [-0.39, 0.29) is 6.61 Å². The van der Waals surface area contributed by atoms with Gasteiger partial charge >= 0.3 is 6.01 Å². The van der Waals surface area contributed by atoms with Crippen LogP contribution in [0.3, 0.4) is 0 Å². The summed E-state index contributed by atoms with van der Waals surface area (Å²) in [6, 6.07) is 14.0. The predicted octanol–water partition coefficient (Wildman–Crippen LogP) is 3.25. The van der Waals surface area contributed by atoms with Crippen LogP contribution in [0.15, 0.2) is 54.7 Å². The largest absolute Gasteiger partial charge is 0.458 e. The van der Waals surface area contributed by atoms with Gasteiger partial charge in [-0.25, -0.2) is 14.2 Å². The molecule has 9 nitrogen and oxygen atoms in total. The molecule has 3 aromatic heterocycles. The van der Waals surface area contributed by atoms with Crippen LogP contribution in [0.1, 0.15) is 25.0 Å². The summed E-state index contributed by atoms with van der Waals surface area (Å²) in [6.07, 6.45) is 3.59. The Morgan fingerprint density at radius 2 is 2.03 bits per heavy atom. The Balaban J connectivity index is 1.37. The third kappa shape index (κ3) is 3.73. The quantitative estimate of drug-likeness (QED) is 0.483. The number of tetrazole rings is 1. The number of hydrogen-bond acceptors (Lipinski definition) is 7. The van der Waals surface area contributed by atoms with E-state index < -0.39 is 0 Å². The second-order valence-corrected chi connectivity index (χ2v) is 7.50. The molecule has 152 valence electrons. The van der Waals surface area contributed by atoms with Crippen LogP contribution >= 0.6 is 0 Å². The number of para-hydroxylation sites is 2. The second kappa shape index (κ2) is 7.58. The Bertz CT molecular complexity index is 1210. The average Bonchev–Trinajstić information content (AvgIpc) is 3.33. The van der Waals surface area contributed by atoms with Crippen molar-refractivity contribution < 1.29 is 4.74 Å². The Morgan fingerprint density at radius 1 is 1.17 bits per heavy atom. The molecule has 1 saturated carbocycles. The first kappa shape index (κ1) is 18.3. The molecule has 0 spiro atoms. The maximum absolute atomic E-state index is 6.05. The molecule has 0 amide bonds. The summed E-state index contributed by atoms with van der Waals surface area (Å²) >= 11 is 0.